The van der Waals surface area contributed by atoms with Crippen LogP contribution in [0.4, 0.5) is 26.3 Å². The summed E-state index contributed by atoms with van der Waals surface area (Å²) in [6, 6.07) is 18.3. The van der Waals surface area contributed by atoms with Crippen molar-refractivity contribution in [3.63, 3.8) is 0 Å². The number of methoxy groups -OCH3 is 1. The fourth-order valence-corrected chi connectivity index (χ4v) is 6.28. The summed E-state index contributed by atoms with van der Waals surface area (Å²) in [5.74, 6) is -0.613. The van der Waals surface area contributed by atoms with E-state index in [1.165, 1.54) is 79.9 Å². The lowest BCUT2D eigenvalue weighted by Gasteiger charge is -2.09. The molecule has 0 unspecified atom stereocenters. The standard InChI is InChI=1S/C36H21F6IN4O2/c1-49-34(48)20-4-2-18(3-5-20)30-22-10-14-26(44-22)32(35(37,38)39)28-16-12-24(46-28)31(19-6-8-21(43)9-7-19)25-13-17-29(47-25)33(36(40,41)42)27-15-11-23(30)45-27/h2-17,44-45H,1H3. The first-order valence-electron chi connectivity index (χ1n) is 14.6. The highest BCUT2D eigenvalue weighted by atomic mass is 127. The van der Waals surface area contributed by atoms with Gasteiger partial charge in [-0.15, -0.1) is 0 Å². The third-order valence-corrected chi connectivity index (χ3v) is 8.77. The molecule has 3 aromatic heterocycles. The minimum Gasteiger partial charge on any atom is -0.465 e. The number of hydrogen-bond donors (Lipinski definition) is 2. The average molecular weight is 782 g/mol. The van der Waals surface area contributed by atoms with E-state index in [0.29, 0.717) is 11.1 Å². The van der Waals surface area contributed by atoms with Gasteiger partial charge in [0, 0.05) is 25.7 Å². The van der Waals surface area contributed by atoms with Gasteiger partial charge in [0.25, 0.3) is 0 Å². The lowest BCUT2D eigenvalue weighted by Crippen LogP contribution is -2.08. The number of alkyl halides is 6. The fraction of sp³-hybridized carbons (Fsp3) is 0.0833. The second kappa shape index (κ2) is 12.1. The Morgan fingerprint density at radius 2 is 1.00 bits per heavy atom. The Balaban J connectivity index is 1.66. The van der Waals surface area contributed by atoms with Gasteiger partial charge in [-0.25, -0.2) is 14.8 Å². The Morgan fingerprint density at radius 1 is 0.592 bits per heavy atom. The molecule has 0 amide bonds. The maximum absolute atomic E-state index is 14.8. The molecule has 2 N–H and O–H groups in total. The zero-order chi connectivity index (χ0) is 34.7. The van der Waals surface area contributed by atoms with Crippen LogP contribution in [-0.2, 0) is 17.1 Å². The number of benzene rings is 2. The van der Waals surface area contributed by atoms with Crippen LogP contribution < -0.4 is 0 Å². The van der Waals surface area contributed by atoms with Gasteiger partial charge in [0.1, 0.15) is 11.1 Å². The highest BCUT2D eigenvalue weighted by molar-refractivity contribution is 14.1. The van der Waals surface area contributed by atoms with Crippen LogP contribution in [0.2, 0.25) is 0 Å². The van der Waals surface area contributed by atoms with Crippen molar-refractivity contribution in [3.8, 4) is 22.3 Å². The number of carbonyl (C=O) groups excluding carboxylic acids is 1. The predicted molar refractivity (Wildman–Crippen MR) is 184 cm³/mol. The molecule has 13 heteroatoms. The molecule has 0 aliphatic carbocycles. The minimum absolute atomic E-state index is 0.107. The molecule has 246 valence electrons. The van der Waals surface area contributed by atoms with Gasteiger partial charge in [-0.2, -0.15) is 26.3 Å². The molecule has 0 saturated heterocycles. The summed E-state index contributed by atoms with van der Waals surface area (Å²) >= 11 is 2.10. The number of carbonyl (C=O) groups is 1. The average Bonchev–Trinajstić information content (AvgIpc) is 3.88. The van der Waals surface area contributed by atoms with Gasteiger partial charge in [-0.05, 0) is 107 Å². The summed E-state index contributed by atoms with van der Waals surface area (Å²) in [6.45, 7) is 0. The minimum atomic E-state index is -4.85. The van der Waals surface area contributed by atoms with E-state index in [-0.39, 0.29) is 61.5 Å². The number of aromatic amines is 2. The van der Waals surface area contributed by atoms with Crippen LogP contribution in [0.3, 0.4) is 0 Å². The highest BCUT2D eigenvalue weighted by Gasteiger charge is 2.37. The van der Waals surface area contributed by atoms with Gasteiger partial charge in [0.15, 0.2) is 0 Å². The van der Waals surface area contributed by atoms with Crippen molar-refractivity contribution < 1.29 is 35.9 Å². The van der Waals surface area contributed by atoms with Crippen molar-refractivity contribution in [1.29, 1.82) is 0 Å². The van der Waals surface area contributed by atoms with Crippen LogP contribution in [0.15, 0.2) is 72.8 Å². The van der Waals surface area contributed by atoms with Crippen molar-refractivity contribution in [1.82, 2.24) is 19.9 Å². The second-order valence-electron chi connectivity index (χ2n) is 11.1. The number of fused-ring (bicyclic) bond motifs is 8. The molecule has 2 aliphatic heterocycles. The van der Waals surface area contributed by atoms with Crippen molar-refractivity contribution in [3.05, 3.63) is 116 Å². The first-order valence-corrected chi connectivity index (χ1v) is 15.6. The fourth-order valence-electron chi connectivity index (χ4n) is 5.92. The second-order valence-corrected chi connectivity index (χ2v) is 12.3. The topological polar surface area (TPSA) is 83.7 Å². The molecule has 0 radical (unpaired) electrons. The lowest BCUT2D eigenvalue weighted by molar-refractivity contribution is -0.137. The predicted octanol–water partition coefficient (Wildman–Crippen LogP) is 10.4. The number of ether oxygens (including phenoxy) is 1. The number of esters is 1. The molecule has 2 aliphatic rings. The molecule has 5 aromatic rings. The van der Waals surface area contributed by atoms with Crippen molar-refractivity contribution in [2.45, 2.75) is 12.4 Å². The Hall–Kier alpha value is -5.18. The maximum Gasteiger partial charge on any atom is 0.420 e. The van der Waals surface area contributed by atoms with E-state index in [2.05, 4.69) is 42.5 Å². The molecular formula is C36H21F6IN4O2. The van der Waals surface area contributed by atoms with Crippen LogP contribution in [0.5, 0.6) is 0 Å². The van der Waals surface area contributed by atoms with Crippen molar-refractivity contribution in [2.75, 3.05) is 7.11 Å². The Bertz CT molecular complexity index is 2260. The van der Waals surface area contributed by atoms with Crippen LogP contribution in [0, 0.1) is 3.57 Å². The van der Waals surface area contributed by atoms with E-state index < -0.39 is 29.4 Å². The van der Waals surface area contributed by atoms with Crippen molar-refractivity contribution >= 4 is 74.9 Å². The van der Waals surface area contributed by atoms with E-state index in [1.807, 2.05) is 0 Å². The van der Waals surface area contributed by atoms with E-state index in [1.54, 1.807) is 24.3 Å². The summed E-state index contributed by atoms with van der Waals surface area (Å²) in [7, 11) is 1.22. The molecule has 0 spiro atoms. The zero-order valence-corrected chi connectivity index (χ0v) is 27.3. The molecule has 0 saturated carbocycles. The zero-order valence-electron chi connectivity index (χ0n) is 25.1. The van der Waals surface area contributed by atoms with Gasteiger partial charge in [0.05, 0.1) is 46.5 Å². The van der Waals surface area contributed by atoms with E-state index in [9.17, 15) is 31.1 Å². The smallest absolute Gasteiger partial charge is 0.420 e. The highest BCUT2D eigenvalue weighted by Crippen LogP contribution is 2.41. The summed E-state index contributed by atoms with van der Waals surface area (Å²) in [5.41, 5.74) is -1.24. The van der Waals surface area contributed by atoms with Gasteiger partial charge in [-0.1, -0.05) is 24.3 Å². The SMILES string of the molecule is COC(=O)c1ccc(-c2c3ccc([nH]3)c(C(F)(F)F)c3nc(c(-c4ccc(I)cc4)c4nc(c(C(F)(F)F)c5ccc2[nH]5)C=C4)C=C3)cc1. The van der Waals surface area contributed by atoms with Crippen LogP contribution in [0.25, 0.3) is 68.6 Å². The van der Waals surface area contributed by atoms with Gasteiger partial charge < -0.3 is 14.7 Å². The van der Waals surface area contributed by atoms with Gasteiger partial charge >= 0.3 is 18.3 Å². The number of hydrogen-bond acceptors (Lipinski definition) is 4. The quantitative estimate of drug-likeness (QED) is 0.106. The molecule has 7 rings (SSSR count). The number of nitrogens with one attached hydrogen (secondary N) is 2. The Kier molecular flexibility index (Phi) is 7.96. The Morgan fingerprint density at radius 3 is 1.45 bits per heavy atom. The van der Waals surface area contributed by atoms with Crippen molar-refractivity contribution in [2.24, 2.45) is 0 Å². The summed E-state index contributed by atoms with van der Waals surface area (Å²) < 4.78 is 94.6. The molecule has 0 atom stereocenters. The first kappa shape index (κ1) is 32.4. The van der Waals surface area contributed by atoms with Gasteiger partial charge in [-0.3, -0.25) is 0 Å². The summed E-state index contributed by atoms with van der Waals surface area (Å²) in [6.07, 6.45) is -4.44. The number of halogens is 7. The lowest BCUT2D eigenvalue weighted by atomic mass is 10.0. The first-order chi connectivity index (χ1) is 23.3. The number of H-pyrrole nitrogens is 2. The number of aromatic nitrogens is 4. The molecular weight excluding hydrogens is 761 g/mol. The van der Waals surface area contributed by atoms with Crippen LogP contribution in [0.1, 0.15) is 44.3 Å². The van der Waals surface area contributed by atoms with E-state index in [0.717, 1.165) is 3.57 Å². The third-order valence-electron chi connectivity index (χ3n) is 8.05. The molecule has 8 bridgehead atoms. The monoisotopic (exact) mass is 782 g/mol. The normalized spacial score (nSPS) is 12.8. The molecule has 49 heavy (non-hydrogen) atoms. The number of rotatable bonds is 3. The third kappa shape index (κ3) is 6.03. The molecule has 6 nitrogen and oxygen atoms in total. The summed E-state index contributed by atoms with van der Waals surface area (Å²) in [4.78, 5) is 26.5. The molecule has 5 heterocycles. The van der Waals surface area contributed by atoms with Crippen LogP contribution >= 0.6 is 22.6 Å². The molecule has 0 fully saturated rings. The van der Waals surface area contributed by atoms with E-state index in [4.69, 9.17) is 4.74 Å². The number of nitrogens with zero attached hydrogens (tertiary/aromatic N) is 2. The maximum atomic E-state index is 14.8. The van der Waals surface area contributed by atoms with Gasteiger partial charge in [0.2, 0.25) is 0 Å². The Labute approximate surface area is 287 Å². The van der Waals surface area contributed by atoms with E-state index >= 15 is 0 Å². The van der Waals surface area contributed by atoms with Crippen LogP contribution in [-0.4, -0.2) is 33.0 Å². The summed E-state index contributed by atoms with van der Waals surface area (Å²) in [5, 5.41) is 0. The molecule has 2 aromatic carbocycles. The largest absolute Gasteiger partial charge is 0.465 e.